The van der Waals surface area contributed by atoms with E-state index in [1.165, 1.54) is 0 Å². The normalized spacial score (nSPS) is 21.3. The molecule has 21 heavy (non-hydrogen) atoms. The molecule has 0 aromatic heterocycles. The first-order valence-electron chi connectivity index (χ1n) is 6.69. The fourth-order valence-electron chi connectivity index (χ4n) is 2.68. The van der Waals surface area contributed by atoms with Gasteiger partial charge in [0.1, 0.15) is 0 Å². The van der Waals surface area contributed by atoms with E-state index in [9.17, 15) is 9.59 Å². The molecule has 0 aliphatic carbocycles. The van der Waals surface area contributed by atoms with Crippen molar-refractivity contribution in [2.24, 2.45) is 0 Å². The van der Waals surface area contributed by atoms with Crippen molar-refractivity contribution >= 4 is 33.3 Å². The Kier molecular flexibility index (Phi) is 3.41. The number of carbonyl (C=O) groups excluding carboxylic acids is 2. The lowest BCUT2D eigenvalue weighted by Gasteiger charge is -2.36. The van der Waals surface area contributed by atoms with Crippen LogP contribution >= 0.6 is 15.9 Å². The number of anilines is 1. The highest BCUT2D eigenvalue weighted by Crippen LogP contribution is 2.38. The summed E-state index contributed by atoms with van der Waals surface area (Å²) in [6, 6.07) is 16.8. The number of fused-ring (bicyclic) bond motifs is 1. The minimum atomic E-state index is -1.22. The van der Waals surface area contributed by atoms with Gasteiger partial charge < -0.3 is 4.90 Å². The number of carbonyl (C=O) groups is 2. The molecule has 1 aliphatic rings. The zero-order chi connectivity index (χ0) is 15.0. The van der Waals surface area contributed by atoms with Gasteiger partial charge in [0, 0.05) is 19.0 Å². The van der Waals surface area contributed by atoms with E-state index in [1.807, 2.05) is 42.5 Å². The maximum atomic E-state index is 12.8. The highest BCUT2D eigenvalue weighted by Gasteiger charge is 2.50. The van der Waals surface area contributed by atoms with Crippen molar-refractivity contribution in [3.8, 4) is 0 Å². The van der Waals surface area contributed by atoms with Crippen molar-refractivity contribution < 1.29 is 9.59 Å². The summed E-state index contributed by atoms with van der Waals surface area (Å²) in [6.45, 7) is 0. The molecule has 1 atom stereocenters. The van der Waals surface area contributed by atoms with Gasteiger partial charge in [-0.25, -0.2) is 0 Å². The highest BCUT2D eigenvalue weighted by molar-refractivity contribution is 9.10. The molecular formula is C17H14BrNO2. The predicted molar refractivity (Wildman–Crippen MR) is 86.0 cm³/mol. The second-order valence-electron chi connectivity index (χ2n) is 5.17. The molecule has 3 rings (SSSR count). The van der Waals surface area contributed by atoms with Crippen molar-refractivity contribution in [3.63, 3.8) is 0 Å². The molecule has 0 bridgehead atoms. The van der Waals surface area contributed by atoms with Gasteiger partial charge in [0.2, 0.25) is 0 Å². The topological polar surface area (TPSA) is 37.4 Å². The molecule has 0 saturated heterocycles. The quantitative estimate of drug-likeness (QED) is 0.620. The average molecular weight is 344 g/mol. The van der Waals surface area contributed by atoms with E-state index in [2.05, 4.69) is 15.9 Å². The number of ketones is 1. The Morgan fingerprint density at radius 2 is 1.62 bits per heavy atom. The summed E-state index contributed by atoms with van der Waals surface area (Å²) in [4.78, 5) is 27.0. The maximum Gasteiger partial charge on any atom is 0.251 e. The standard InChI is InChI=1S/C17H14BrNO2/c1-19-14-10-6-5-9-13(14)15(20)17(18,16(19)21)11-12-7-3-2-4-8-12/h2-10H,11H2,1H3/t17-/m0/s1. The van der Waals surface area contributed by atoms with E-state index in [0.29, 0.717) is 17.7 Å². The number of para-hydroxylation sites is 1. The molecule has 3 nitrogen and oxygen atoms in total. The largest absolute Gasteiger partial charge is 0.313 e. The number of rotatable bonds is 2. The Hall–Kier alpha value is -1.94. The number of benzene rings is 2. The van der Waals surface area contributed by atoms with Crippen LogP contribution in [0.3, 0.4) is 0 Å². The van der Waals surface area contributed by atoms with Crippen molar-refractivity contribution in [1.82, 2.24) is 0 Å². The molecule has 0 unspecified atom stereocenters. The number of alkyl halides is 1. The average Bonchev–Trinajstić information content (AvgIpc) is 2.52. The van der Waals surface area contributed by atoms with Crippen molar-refractivity contribution in [1.29, 1.82) is 0 Å². The molecular weight excluding hydrogens is 330 g/mol. The molecule has 4 heteroatoms. The maximum absolute atomic E-state index is 12.8. The third-order valence-electron chi connectivity index (χ3n) is 3.80. The zero-order valence-electron chi connectivity index (χ0n) is 11.5. The third kappa shape index (κ3) is 2.20. The van der Waals surface area contributed by atoms with Crippen LogP contribution in [0.15, 0.2) is 54.6 Å². The molecule has 106 valence electrons. The minimum absolute atomic E-state index is 0.176. The molecule has 1 aliphatic heterocycles. The smallest absolute Gasteiger partial charge is 0.251 e. The van der Waals surface area contributed by atoms with Crippen LogP contribution in [0.2, 0.25) is 0 Å². The van der Waals surface area contributed by atoms with Crippen molar-refractivity contribution in [3.05, 3.63) is 65.7 Å². The zero-order valence-corrected chi connectivity index (χ0v) is 13.1. The third-order valence-corrected chi connectivity index (χ3v) is 4.78. The Bertz CT molecular complexity index is 714. The highest BCUT2D eigenvalue weighted by atomic mass is 79.9. The number of hydrogen-bond donors (Lipinski definition) is 0. The minimum Gasteiger partial charge on any atom is -0.313 e. The first-order chi connectivity index (χ1) is 10.0. The van der Waals surface area contributed by atoms with E-state index < -0.39 is 4.32 Å². The SMILES string of the molecule is CN1C(=O)[C@](Br)(Cc2ccccc2)C(=O)c2ccccc21. The number of halogens is 1. The van der Waals surface area contributed by atoms with Crippen LogP contribution in [-0.2, 0) is 11.2 Å². The molecule has 2 aromatic carbocycles. The number of amides is 1. The summed E-state index contributed by atoms with van der Waals surface area (Å²) in [5, 5.41) is 0. The molecule has 0 fully saturated rings. The van der Waals surface area contributed by atoms with Gasteiger partial charge in [0.25, 0.3) is 5.91 Å². The molecule has 0 radical (unpaired) electrons. The van der Waals surface area contributed by atoms with Crippen LogP contribution in [-0.4, -0.2) is 23.1 Å². The van der Waals surface area contributed by atoms with Gasteiger partial charge in [-0.3, -0.25) is 9.59 Å². The fourth-order valence-corrected chi connectivity index (χ4v) is 3.48. The lowest BCUT2D eigenvalue weighted by Crippen LogP contribution is -2.54. The lowest BCUT2D eigenvalue weighted by molar-refractivity contribution is -0.119. The van der Waals surface area contributed by atoms with Gasteiger partial charge in [-0.1, -0.05) is 58.4 Å². The van der Waals surface area contributed by atoms with Crippen molar-refractivity contribution in [2.45, 2.75) is 10.7 Å². The molecule has 0 N–H and O–H groups in total. The van der Waals surface area contributed by atoms with Crippen LogP contribution in [0.4, 0.5) is 5.69 Å². The van der Waals surface area contributed by atoms with Crippen LogP contribution < -0.4 is 4.90 Å². The van der Waals surface area contributed by atoms with E-state index in [0.717, 1.165) is 5.56 Å². The Morgan fingerprint density at radius 1 is 1.00 bits per heavy atom. The monoisotopic (exact) mass is 343 g/mol. The Labute approximate surface area is 131 Å². The van der Waals surface area contributed by atoms with Gasteiger partial charge in [0.15, 0.2) is 10.1 Å². The van der Waals surface area contributed by atoms with Gasteiger partial charge in [-0.05, 0) is 17.7 Å². The summed E-state index contributed by atoms with van der Waals surface area (Å²) in [5.41, 5.74) is 2.19. The van der Waals surface area contributed by atoms with Crippen molar-refractivity contribution in [2.75, 3.05) is 11.9 Å². The number of hydrogen-bond acceptors (Lipinski definition) is 2. The molecule has 1 amide bonds. The van der Waals surface area contributed by atoms with Crippen LogP contribution in [0.5, 0.6) is 0 Å². The molecule has 2 aromatic rings. The predicted octanol–water partition coefficient (Wildman–Crippen LogP) is 3.22. The summed E-state index contributed by atoms with van der Waals surface area (Å²) in [5.74, 6) is -0.403. The second kappa shape index (κ2) is 5.11. The van der Waals surface area contributed by atoms with Crippen LogP contribution in [0, 0.1) is 0 Å². The van der Waals surface area contributed by atoms with E-state index in [-0.39, 0.29) is 11.7 Å². The summed E-state index contributed by atoms with van der Waals surface area (Å²) in [7, 11) is 1.70. The van der Waals surface area contributed by atoms with E-state index in [1.54, 1.807) is 24.1 Å². The van der Waals surface area contributed by atoms with E-state index >= 15 is 0 Å². The van der Waals surface area contributed by atoms with E-state index in [4.69, 9.17) is 0 Å². The van der Waals surface area contributed by atoms with Gasteiger partial charge in [-0.15, -0.1) is 0 Å². The second-order valence-corrected chi connectivity index (χ2v) is 6.53. The molecule has 0 spiro atoms. The van der Waals surface area contributed by atoms with Gasteiger partial charge >= 0.3 is 0 Å². The fraction of sp³-hybridized carbons (Fsp3) is 0.176. The number of nitrogens with zero attached hydrogens (tertiary/aromatic N) is 1. The summed E-state index contributed by atoms with van der Waals surface area (Å²) >= 11 is 3.43. The van der Waals surface area contributed by atoms with Gasteiger partial charge in [-0.2, -0.15) is 0 Å². The molecule has 0 saturated carbocycles. The summed E-state index contributed by atoms with van der Waals surface area (Å²) in [6.07, 6.45) is 0.337. The number of Topliss-reactive ketones (excluding diaryl/α,β-unsaturated/α-hetero) is 1. The van der Waals surface area contributed by atoms with Crippen LogP contribution in [0.1, 0.15) is 15.9 Å². The van der Waals surface area contributed by atoms with Crippen LogP contribution in [0.25, 0.3) is 0 Å². The molecule has 1 heterocycles. The Morgan fingerprint density at radius 3 is 2.33 bits per heavy atom. The first-order valence-corrected chi connectivity index (χ1v) is 7.48. The van der Waals surface area contributed by atoms with Gasteiger partial charge in [0.05, 0.1) is 5.69 Å². The first kappa shape index (κ1) is 14.0. The summed E-state index contributed by atoms with van der Waals surface area (Å²) < 4.78 is -1.22. The lowest BCUT2D eigenvalue weighted by atomic mass is 9.86. The Balaban J connectivity index is 2.07.